The molecule has 3 aromatic rings. The minimum Gasteiger partial charge on any atom is -0.457 e. The minimum absolute atomic E-state index is 0.0646. The first-order valence-corrected chi connectivity index (χ1v) is 11.2. The largest absolute Gasteiger partial charge is 0.457 e. The monoisotopic (exact) mass is 441 g/mol. The van der Waals surface area contributed by atoms with E-state index in [1.807, 2.05) is 44.2 Å². The summed E-state index contributed by atoms with van der Waals surface area (Å²) in [6, 6.07) is 9.41. The third kappa shape index (κ3) is 5.19. The van der Waals surface area contributed by atoms with Gasteiger partial charge in [0.25, 0.3) is 5.56 Å². The molecule has 0 N–H and O–H groups in total. The van der Waals surface area contributed by atoms with E-state index in [9.17, 15) is 14.4 Å². The average molecular weight is 442 g/mol. The van der Waals surface area contributed by atoms with E-state index in [1.165, 1.54) is 10.9 Å². The molecule has 1 aromatic carbocycles. The van der Waals surface area contributed by atoms with Gasteiger partial charge in [0, 0.05) is 13.1 Å². The summed E-state index contributed by atoms with van der Waals surface area (Å²) in [6.07, 6.45) is 3.10. The van der Waals surface area contributed by atoms with Gasteiger partial charge in [-0.05, 0) is 30.9 Å². The molecular formula is C23H27N3O4S. The van der Waals surface area contributed by atoms with E-state index in [0.29, 0.717) is 33.7 Å². The first-order chi connectivity index (χ1) is 15.0. The number of amides is 1. The lowest BCUT2D eigenvalue weighted by Gasteiger charge is -2.21. The number of hydrogen-bond donors (Lipinski definition) is 0. The van der Waals surface area contributed by atoms with Crippen molar-refractivity contribution in [1.29, 1.82) is 0 Å². The number of aromatic nitrogens is 2. The fourth-order valence-electron chi connectivity index (χ4n) is 3.40. The molecule has 7 nitrogen and oxygen atoms in total. The number of carbonyl (C=O) groups excluding carboxylic acids is 2. The number of aryl methyl sites for hydroxylation is 1. The molecule has 8 heteroatoms. The zero-order chi connectivity index (χ0) is 22.4. The van der Waals surface area contributed by atoms with Crippen LogP contribution in [0.3, 0.4) is 0 Å². The smallest absolute Gasteiger partial charge is 0.349 e. The van der Waals surface area contributed by atoms with Crippen molar-refractivity contribution in [3.05, 3.63) is 63.0 Å². The highest BCUT2D eigenvalue weighted by Gasteiger charge is 2.22. The molecule has 0 aliphatic heterocycles. The van der Waals surface area contributed by atoms with Crippen molar-refractivity contribution in [2.24, 2.45) is 0 Å². The SMILES string of the molecule is CCCN(CCC)C(=O)Cn1cnc2sc(C(=O)OCc3ccccc3)c(C)c2c1=O. The summed E-state index contributed by atoms with van der Waals surface area (Å²) in [5, 5.41) is 0.365. The summed E-state index contributed by atoms with van der Waals surface area (Å²) >= 11 is 1.14. The van der Waals surface area contributed by atoms with Crippen molar-refractivity contribution < 1.29 is 14.3 Å². The summed E-state index contributed by atoms with van der Waals surface area (Å²) in [5.74, 6) is -0.592. The third-order valence-electron chi connectivity index (χ3n) is 4.96. The molecule has 0 bridgehead atoms. The second kappa shape index (κ2) is 10.3. The van der Waals surface area contributed by atoms with Crippen molar-refractivity contribution in [2.75, 3.05) is 13.1 Å². The van der Waals surface area contributed by atoms with E-state index in [-0.39, 0.29) is 24.6 Å². The van der Waals surface area contributed by atoms with Gasteiger partial charge < -0.3 is 9.64 Å². The van der Waals surface area contributed by atoms with Gasteiger partial charge in [-0.1, -0.05) is 44.2 Å². The van der Waals surface area contributed by atoms with E-state index in [1.54, 1.807) is 11.8 Å². The van der Waals surface area contributed by atoms with Gasteiger partial charge in [0.05, 0.1) is 11.7 Å². The Bertz CT molecular complexity index is 1120. The Labute approximate surface area is 185 Å². The molecule has 0 spiro atoms. The van der Waals surface area contributed by atoms with Crippen molar-refractivity contribution in [2.45, 2.75) is 46.8 Å². The number of carbonyl (C=O) groups is 2. The van der Waals surface area contributed by atoms with Crippen LogP contribution < -0.4 is 5.56 Å². The number of hydrogen-bond acceptors (Lipinski definition) is 6. The van der Waals surface area contributed by atoms with Crippen LogP contribution in [0.5, 0.6) is 0 Å². The van der Waals surface area contributed by atoms with E-state index in [4.69, 9.17) is 4.74 Å². The molecule has 0 fully saturated rings. The number of benzene rings is 1. The van der Waals surface area contributed by atoms with E-state index < -0.39 is 5.97 Å². The molecular weight excluding hydrogens is 414 g/mol. The molecule has 0 saturated carbocycles. The van der Waals surface area contributed by atoms with Crippen molar-refractivity contribution >= 4 is 33.4 Å². The maximum atomic E-state index is 13.0. The second-order valence-corrected chi connectivity index (χ2v) is 8.36. The first-order valence-electron chi connectivity index (χ1n) is 10.4. The summed E-state index contributed by atoms with van der Waals surface area (Å²) < 4.78 is 6.74. The lowest BCUT2D eigenvalue weighted by molar-refractivity contribution is -0.132. The summed E-state index contributed by atoms with van der Waals surface area (Å²) in [7, 11) is 0. The van der Waals surface area contributed by atoms with Crippen LogP contribution in [0, 0.1) is 6.92 Å². The Balaban J connectivity index is 1.82. The molecule has 0 unspecified atom stereocenters. The standard InChI is InChI=1S/C23H27N3O4S/c1-4-11-25(12-5-2)18(27)13-26-15-24-21-19(22(26)28)16(3)20(31-21)23(29)30-14-17-9-7-6-8-10-17/h6-10,15H,4-5,11-14H2,1-3H3. The van der Waals surface area contributed by atoms with Crippen LogP contribution in [0.4, 0.5) is 0 Å². The molecule has 164 valence electrons. The van der Waals surface area contributed by atoms with Crippen LogP contribution in [0.15, 0.2) is 41.5 Å². The number of nitrogens with zero attached hydrogens (tertiary/aromatic N) is 3. The van der Waals surface area contributed by atoms with Gasteiger partial charge in [0.15, 0.2) is 0 Å². The van der Waals surface area contributed by atoms with Gasteiger partial charge in [-0.25, -0.2) is 9.78 Å². The van der Waals surface area contributed by atoms with Crippen molar-refractivity contribution in [1.82, 2.24) is 14.5 Å². The third-order valence-corrected chi connectivity index (χ3v) is 6.14. The van der Waals surface area contributed by atoms with Crippen LogP contribution >= 0.6 is 11.3 Å². The van der Waals surface area contributed by atoms with Gasteiger partial charge in [0.2, 0.25) is 5.91 Å². The number of thiophene rings is 1. The zero-order valence-electron chi connectivity index (χ0n) is 18.1. The van der Waals surface area contributed by atoms with Gasteiger partial charge in [0.1, 0.15) is 22.9 Å². The van der Waals surface area contributed by atoms with E-state index >= 15 is 0 Å². The number of fused-ring (bicyclic) bond motifs is 1. The molecule has 31 heavy (non-hydrogen) atoms. The molecule has 0 aliphatic rings. The molecule has 2 heterocycles. The Kier molecular flexibility index (Phi) is 7.57. The van der Waals surface area contributed by atoms with Gasteiger partial charge >= 0.3 is 5.97 Å². The fraction of sp³-hybridized carbons (Fsp3) is 0.391. The number of esters is 1. The highest BCUT2D eigenvalue weighted by atomic mass is 32.1. The van der Waals surface area contributed by atoms with E-state index in [0.717, 1.165) is 29.7 Å². The van der Waals surface area contributed by atoms with Gasteiger partial charge in [-0.15, -0.1) is 11.3 Å². The maximum absolute atomic E-state index is 13.0. The Morgan fingerprint density at radius 2 is 1.81 bits per heavy atom. The average Bonchev–Trinajstić information content (AvgIpc) is 3.11. The predicted octanol–water partition coefficient (Wildman–Crippen LogP) is 3.77. The second-order valence-electron chi connectivity index (χ2n) is 7.36. The topological polar surface area (TPSA) is 81.5 Å². The molecule has 0 saturated heterocycles. The Morgan fingerprint density at radius 1 is 1.13 bits per heavy atom. The summed E-state index contributed by atoms with van der Waals surface area (Å²) in [5.41, 5.74) is 1.11. The molecule has 0 radical (unpaired) electrons. The summed E-state index contributed by atoms with van der Waals surface area (Å²) in [6.45, 7) is 7.16. The van der Waals surface area contributed by atoms with Crippen LogP contribution in [-0.4, -0.2) is 39.4 Å². The predicted molar refractivity (Wildman–Crippen MR) is 121 cm³/mol. The normalized spacial score (nSPS) is 10.9. The fourth-order valence-corrected chi connectivity index (χ4v) is 4.44. The first kappa shape index (κ1) is 22.7. The van der Waals surface area contributed by atoms with E-state index in [2.05, 4.69) is 4.98 Å². The lowest BCUT2D eigenvalue weighted by Crippen LogP contribution is -2.37. The van der Waals surface area contributed by atoms with Gasteiger partial charge in [-0.2, -0.15) is 0 Å². The minimum atomic E-state index is -0.483. The number of ether oxygens (including phenoxy) is 1. The van der Waals surface area contributed by atoms with Crippen LogP contribution in [0.1, 0.15) is 47.5 Å². The van der Waals surface area contributed by atoms with Crippen molar-refractivity contribution in [3.8, 4) is 0 Å². The van der Waals surface area contributed by atoms with Gasteiger partial charge in [-0.3, -0.25) is 14.2 Å². The molecule has 1 amide bonds. The van der Waals surface area contributed by atoms with Crippen LogP contribution in [0.2, 0.25) is 0 Å². The quantitative estimate of drug-likeness (QED) is 0.472. The highest BCUT2D eigenvalue weighted by molar-refractivity contribution is 7.20. The molecule has 0 atom stereocenters. The Hall–Kier alpha value is -3.00. The highest BCUT2D eigenvalue weighted by Crippen LogP contribution is 2.27. The summed E-state index contributed by atoms with van der Waals surface area (Å²) in [4.78, 5) is 45.2. The molecule has 0 aliphatic carbocycles. The molecule has 2 aromatic heterocycles. The maximum Gasteiger partial charge on any atom is 0.349 e. The number of rotatable bonds is 9. The Morgan fingerprint density at radius 3 is 2.45 bits per heavy atom. The zero-order valence-corrected chi connectivity index (χ0v) is 18.9. The molecule has 3 rings (SSSR count). The van der Waals surface area contributed by atoms with Crippen LogP contribution in [-0.2, 0) is 22.7 Å². The van der Waals surface area contributed by atoms with Crippen molar-refractivity contribution in [3.63, 3.8) is 0 Å². The van der Waals surface area contributed by atoms with Crippen LogP contribution in [0.25, 0.3) is 10.2 Å². The lowest BCUT2D eigenvalue weighted by atomic mass is 10.2.